The first-order valence-corrected chi connectivity index (χ1v) is 10.4. The van der Waals surface area contributed by atoms with Gasteiger partial charge in [0, 0.05) is 22.6 Å². The summed E-state index contributed by atoms with van der Waals surface area (Å²) in [6, 6.07) is 1.83. The molecule has 2 aliphatic heterocycles. The van der Waals surface area contributed by atoms with Crippen LogP contribution in [0.5, 0.6) is 0 Å². The Morgan fingerprint density at radius 1 is 1.42 bits per heavy atom. The number of carboxylic acids is 1. The number of aliphatic carboxylic acids is 1. The number of β-lactam (4-membered cyclic amide) rings is 1. The highest BCUT2D eigenvalue weighted by atomic mass is 32.2. The van der Waals surface area contributed by atoms with E-state index in [0.29, 0.717) is 22.8 Å². The number of nitrogens with one attached hydrogen (secondary N) is 1. The van der Waals surface area contributed by atoms with Crippen molar-refractivity contribution in [2.75, 3.05) is 5.73 Å². The number of nitrogen functional groups attached to an aromatic ring is 1. The van der Waals surface area contributed by atoms with Gasteiger partial charge in [-0.25, -0.2) is 4.79 Å². The lowest BCUT2D eigenvalue weighted by Crippen LogP contribution is -2.72. The van der Waals surface area contributed by atoms with Crippen molar-refractivity contribution in [2.24, 2.45) is 5.16 Å². The zero-order valence-electron chi connectivity index (χ0n) is 15.5. The van der Waals surface area contributed by atoms with Crippen molar-refractivity contribution >= 4 is 51.9 Å². The first-order valence-electron chi connectivity index (χ1n) is 8.78. The molecule has 2 aromatic rings. The van der Waals surface area contributed by atoms with Crippen LogP contribution in [0, 0.1) is 0 Å². The normalized spacial score (nSPS) is 20.8. The highest BCUT2D eigenvalue weighted by Crippen LogP contribution is 2.42. The van der Waals surface area contributed by atoms with Crippen molar-refractivity contribution in [3.63, 3.8) is 0 Å². The Kier molecular flexibility index (Phi) is 5.51. The van der Waals surface area contributed by atoms with Crippen molar-refractivity contribution in [1.82, 2.24) is 29.8 Å². The SMILES string of the molecule is Nc1nc(/C(=N/O)C(=O)NC2C(=O)N3C(C(=O)O)=C(Sc4cccnn4)CCC23)ns1. The average Bonchev–Trinajstić information content (AvgIpc) is 3.18. The highest BCUT2D eigenvalue weighted by Gasteiger charge is 2.54. The van der Waals surface area contributed by atoms with Crippen molar-refractivity contribution in [1.29, 1.82) is 0 Å². The maximum atomic E-state index is 12.7. The smallest absolute Gasteiger partial charge is 0.353 e. The Balaban J connectivity index is 1.52. The summed E-state index contributed by atoms with van der Waals surface area (Å²) in [6.07, 6.45) is 2.29. The Morgan fingerprint density at radius 3 is 2.84 bits per heavy atom. The van der Waals surface area contributed by atoms with Crippen LogP contribution >= 0.6 is 23.3 Å². The quantitative estimate of drug-likeness (QED) is 0.190. The van der Waals surface area contributed by atoms with Crippen LogP contribution in [0.1, 0.15) is 18.7 Å². The molecular weight excluding hydrogens is 448 g/mol. The van der Waals surface area contributed by atoms with E-state index in [0.717, 1.165) is 28.2 Å². The number of nitrogens with two attached hydrogens (primary N) is 1. The number of carbonyl (C=O) groups excluding carboxylic acids is 2. The third-order valence-electron chi connectivity index (χ3n) is 4.63. The lowest BCUT2D eigenvalue weighted by Gasteiger charge is -2.50. The lowest BCUT2D eigenvalue weighted by atomic mass is 9.86. The second kappa shape index (κ2) is 8.27. The molecule has 2 unspecified atom stereocenters. The molecule has 2 aromatic heterocycles. The lowest BCUT2D eigenvalue weighted by molar-refractivity contribution is -0.155. The van der Waals surface area contributed by atoms with Crippen molar-refractivity contribution in [3.8, 4) is 0 Å². The summed E-state index contributed by atoms with van der Waals surface area (Å²) < 4.78 is 3.80. The van der Waals surface area contributed by atoms with Gasteiger partial charge in [-0.1, -0.05) is 16.9 Å². The number of oxime groups is 1. The molecule has 31 heavy (non-hydrogen) atoms. The number of carboxylic acid groups (broad SMARTS) is 1. The van der Waals surface area contributed by atoms with Crippen LogP contribution in [-0.2, 0) is 14.4 Å². The van der Waals surface area contributed by atoms with E-state index in [2.05, 4.69) is 30.0 Å². The third kappa shape index (κ3) is 3.79. The fraction of sp³-hybridized carbons (Fsp3) is 0.250. The van der Waals surface area contributed by atoms with Crippen LogP contribution in [0.25, 0.3) is 0 Å². The zero-order valence-corrected chi connectivity index (χ0v) is 17.1. The van der Waals surface area contributed by atoms with Crippen LogP contribution in [0.4, 0.5) is 5.13 Å². The Labute approximate surface area is 182 Å². The largest absolute Gasteiger partial charge is 0.477 e. The topological polar surface area (TPSA) is 197 Å². The summed E-state index contributed by atoms with van der Waals surface area (Å²) in [4.78, 5) is 42.5. The molecule has 13 nitrogen and oxygen atoms in total. The number of nitrogens with zero attached hydrogens (tertiary/aromatic N) is 6. The molecular formula is C16H14N8O5S2. The third-order valence-corrected chi connectivity index (χ3v) is 6.24. The van der Waals surface area contributed by atoms with E-state index < -0.39 is 35.6 Å². The van der Waals surface area contributed by atoms with Gasteiger partial charge in [0.25, 0.3) is 11.8 Å². The molecule has 1 fully saturated rings. The number of hydrogen-bond acceptors (Lipinski definition) is 12. The maximum absolute atomic E-state index is 12.7. The standard InChI is InChI=1S/C16H14N8O5S2/c17-16-20-12(23-31-16)10(22-29)13(25)19-9-6-3-4-7(30-8-2-1-5-18-21-8)11(15(27)28)24(6)14(9)26/h1-2,5-6,9,29H,3-4H2,(H,19,25)(H,27,28)(H2,17,20,23)/b22-10-. The predicted octanol–water partition coefficient (Wildman–Crippen LogP) is -0.333. The van der Waals surface area contributed by atoms with Gasteiger partial charge >= 0.3 is 5.97 Å². The number of hydrogen-bond donors (Lipinski definition) is 4. The fourth-order valence-electron chi connectivity index (χ4n) is 3.33. The van der Waals surface area contributed by atoms with Crippen LogP contribution < -0.4 is 11.1 Å². The minimum absolute atomic E-state index is 0.0755. The molecule has 160 valence electrons. The number of allylic oxidation sites excluding steroid dienone is 1. The van der Waals surface area contributed by atoms with E-state index in [1.54, 1.807) is 12.1 Å². The monoisotopic (exact) mass is 462 g/mol. The summed E-state index contributed by atoms with van der Waals surface area (Å²) in [5, 5.41) is 32.5. The van der Waals surface area contributed by atoms with Crippen LogP contribution in [0.15, 0.2) is 39.1 Å². The molecule has 2 amide bonds. The molecule has 0 aliphatic carbocycles. The molecule has 4 heterocycles. The summed E-state index contributed by atoms with van der Waals surface area (Å²) >= 11 is 1.94. The molecule has 2 atom stereocenters. The van der Waals surface area contributed by atoms with Gasteiger partial charge in [0.2, 0.25) is 11.5 Å². The van der Waals surface area contributed by atoms with Gasteiger partial charge in [-0.2, -0.15) is 14.5 Å². The van der Waals surface area contributed by atoms with Crippen molar-refractivity contribution in [2.45, 2.75) is 30.0 Å². The summed E-state index contributed by atoms with van der Waals surface area (Å²) in [5.74, 6) is -2.90. The van der Waals surface area contributed by atoms with E-state index in [4.69, 9.17) is 10.9 Å². The van der Waals surface area contributed by atoms with Crippen LogP contribution in [-0.4, -0.2) is 70.3 Å². The summed E-state index contributed by atoms with van der Waals surface area (Å²) in [7, 11) is 0. The van der Waals surface area contributed by atoms with Crippen LogP contribution in [0.3, 0.4) is 0 Å². The Hall–Kier alpha value is -3.59. The van der Waals surface area contributed by atoms with E-state index in [9.17, 15) is 19.5 Å². The molecule has 1 saturated heterocycles. The Morgan fingerprint density at radius 2 is 2.23 bits per heavy atom. The molecule has 0 spiro atoms. The Bertz CT molecular complexity index is 1120. The molecule has 4 rings (SSSR count). The molecule has 0 aromatic carbocycles. The van der Waals surface area contributed by atoms with E-state index in [1.807, 2.05) is 0 Å². The number of fused-ring (bicyclic) bond motifs is 1. The minimum atomic E-state index is -1.26. The number of anilines is 1. The van der Waals surface area contributed by atoms with Crippen molar-refractivity contribution < 1.29 is 24.7 Å². The fourth-order valence-corrected chi connectivity index (χ4v) is 4.75. The number of rotatable bonds is 6. The highest BCUT2D eigenvalue weighted by molar-refractivity contribution is 8.03. The minimum Gasteiger partial charge on any atom is -0.477 e. The van der Waals surface area contributed by atoms with Gasteiger partial charge in [-0.05, 0) is 25.0 Å². The molecule has 0 saturated carbocycles. The second-order valence-electron chi connectivity index (χ2n) is 6.41. The molecule has 15 heteroatoms. The number of thioether (sulfide) groups is 1. The van der Waals surface area contributed by atoms with Crippen molar-refractivity contribution in [3.05, 3.63) is 34.8 Å². The number of aromatic nitrogens is 4. The molecule has 5 N–H and O–H groups in total. The van der Waals surface area contributed by atoms with Gasteiger partial charge < -0.3 is 21.4 Å². The average molecular weight is 462 g/mol. The summed E-state index contributed by atoms with van der Waals surface area (Å²) in [6.45, 7) is 0. The van der Waals surface area contributed by atoms with E-state index in [-0.39, 0.29) is 16.7 Å². The van der Waals surface area contributed by atoms with Gasteiger partial charge in [-0.15, -0.1) is 5.10 Å². The zero-order chi connectivity index (χ0) is 22.1. The first-order chi connectivity index (χ1) is 14.9. The van der Waals surface area contributed by atoms with Gasteiger partial charge in [0.1, 0.15) is 16.8 Å². The summed E-state index contributed by atoms with van der Waals surface area (Å²) in [5.41, 5.74) is 4.83. The number of carbonyl (C=O) groups is 3. The molecule has 2 aliphatic rings. The van der Waals surface area contributed by atoms with Gasteiger partial charge in [0.05, 0.1) is 6.04 Å². The maximum Gasteiger partial charge on any atom is 0.353 e. The number of amides is 2. The van der Waals surface area contributed by atoms with Gasteiger partial charge in [0.15, 0.2) is 5.13 Å². The second-order valence-corrected chi connectivity index (χ2v) is 8.31. The van der Waals surface area contributed by atoms with Crippen LogP contribution in [0.2, 0.25) is 0 Å². The molecule has 0 radical (unpaired) electrons. The van der Waals surface area contributed by atoms with E-state index in [1.165, 1.54) is 6.20 Å². The van der Waals surface area contributed by atoms with Gasteiger partial charge in [-0.3, -0.25) is 14.5 Å². The first kappa shape index (κ1) is 20.7. The molecule has 0 bridgehead atoms. The van der Waals surface area contributed by atoms with E-state index >= 15 is 0 Å². The predicted molar refractivity (Wildman–Crippen MR) is 107 cm³/mol.